The predicted molar refractivity (Wildman–Crippen MR) is 50.2 cm³/mol. The van der Waals surface area contributed by atoms with E-state index in [0.717, 1.165) is 6.42 Å². The second-order valence-corrected chi connectivity index (χ2v) is 2.52. The highest BCUT2D eigenvalue weighted by molar-refractivity contribution is 5.03. The van der Waals surface area contributed by atoms with Crippen LogP contribution < -0.4 is 0 Å². The van der Waals surface area contributed by atoms with Crippen molar-refractivity contribution in [3.05, 3.63) is 18.4 Å². The van der Waals surface area contributed by atoms with Crippen molar-refractivity contribution in [2.45, 2.75) is 33.1 Å². The van der Waals surface area contributed by atoms with Crippen LogP contribution in [0.3, 0.4) is 0 Å². The van der Waals surface area contributed by atoms with Crippen LogP contribution >= 0.6 is 0 Å². The Labute approximate surface area is 70.0 Å². The molecular weight excluding hydrogens is 132 g/mol. The minimum Gasteiger partial charge on any atom is -0.133 e. The lowest BCUT2D eigenvalue weighted by molar-refractivity contribution is 0.607. The molecule has 60 valence electrons. The van der Waals surface area contributed by atoms with Gasteiger partial charge in [0.25, 0.3) is 0 Å². The SMILES string of the molecule is C=C=CCC(C#CC)CCC. The predicted octanol–water partition coefficient (Wildman–Crippen LogP) is 3.16. The molecule has 1 atom stereocenters. The maximum atomic E-state index is 3.52. The van der Waals surface area contributed by atoms with Crippen molar-refractivity contribution in [1.82, 2.24) is 0 Å². The molecule has 0 heteroatoms. The van der Waals surface area contributed by atoms with E-state index in [4.69, 9.17) is 0 Å². The average Bonchev–Trinajstić information content (AvgIpc) is 2.01. The minimum absolute atomic E-state index is 0.513. The van der Waals surface area contributed by atoms with Gasteiger partial charge in [0.05, 0.1) is 0 Å². The smallest absolute Gasteiger partial charge is 0.0243 e. The highest BCUT2D eigenvalue weighted by Crippen LogP contribution is 2.09. The van der Waals surface area contributed by atoms with E-state index in [1.165, 1.54) is 12.8 Å². The van der Waals surface area contributed by atoms with E-state index in [9.17, 15) is 0 Å². The van der Waals surface area contributed by atoms with Crippen LogP contribution in [0.5, 0.6) is 0 Å². The van der Waals surface area contributed by atoms with Crippen LogP contribution in [0, 0.1) is 17.8 Å². The van der Waals surface area contributed by atoms with Crippen molar-refractivity contribution in [2.24, 2.45) is 5.92 Å². The monoisotopic (exact) mass is 148 g/mol. The second kappa shape index (κ2) is 7.19. The molecule has 0 aliphatic rings. The molecule has 0 aliphatic carbocycles. The molecule has 0 aromatic rings. The van der Waals surface area contributed by atoms with Gasteiger partial charge >= 0.3 is 0 Å². The average molecular weight is 148 g/mol. The zero-order chi connectivity index (χ0) is 8.53. The third-order valence-electron chi connectivity index (χ3n) is 1.53. The summed E-state index contributed by atoms with van der Waals surface area (Å²) in [5.74, 6) is 6.63. The first-order chi connectivity index (χ1) is 5.35. The van der Waals surface area contributed by atoms with Crippen molar-refractivity contribution in [3.63, 3.8) is 0 Å². The molecule has 0 aromatic carbocycles. The van der Waals surface area contributed by atoms with E-state index in [2.05, 4.69) is 31.1 Å². The molecule has 0 saturated carbocycles. The van der Waals surface area contributed by atoms with Crippen molar-refractivity contribution in [3.8, 4) is 11.8 Å². The Bertz CT molecular complexity index is 184. The summed E-state index contributed by atoms with van der Waals surface area (Å²) < 4.78 is 0. The Morgan fingerprint density at radius 2 is 2.27 bits per heavy atom. The van der Waals surface area contributed by atoms with Crippen LogP contribution in [0.4, 0.5) is 0 Å². The van der Waals surface area contributed by atoms with E-state index in [1.54, 1.807) is 0 Å². The summed E-state index contributed by atoms with van der Waals surface area (Å²) in [5.41, 5.74) is 2.77. The standard InChI is InChI=1S/C11H16/c1-4-7-10-11(8-5-2)9-6-3/h7,11H,1,5,8,10H2,2-3H3. The van der Waals surface area contributed by atoms with Crippen molar-refractivity contribution in [2.75, 3.05) is 0 Å². The fourth-order valence-electron chi connectivity index (χ4n) is 1.03. The van der Waals surface area contributed by atoms with Gasteiger partial charge in [-0.1, -0.05) is 25.8 Å². The first-order valence-corrected chi connectivity index (χ1v) is 4.11. The quantitative estimate of drug-likeness (QED) is 0.424. The lowest BCUT2D eigenvalue weighted by atomic mass is 10.0. The van der Waals surface area contributed by atoms with Gasteiger partial charge in [0.15, 0.2) is 0 Å². The molecule has 0 radical (unpaired) electrons. The summed E-state index contributed by atoms with van der Waals surface area (Å²) in [4.78, 5) is 0. The minimum atomic E-state index is 0.513. The van der Waals surface area contributed by atoms with Gasteiger partial charge < -0.3 is 0 Å². The maximum absolute atomic E-state index is 3.52. The lowest BCUT2D eigenvalue weighted by Crippen LogP contribution is -1.93. The molecule has 11 heavy (non-hydrogen) atoms. The Morgan fingerprint density at radius 1 is 1.55 bits per heavy atom. The first-order valence-electron chi connectivity index (χ1n) is 4.11. The van der Waals surface area contributed by atoms with Gasteiger partial charge in [-0.3, -0.25) is 0 Å². The van der Waals surface area contributed by atoms with E-state index >= 15 is 0 Å². The largest absolute Gasteiger partial charge is 0.133 e. The van der Waals surface area contributed by atoms with Crippen molar-refractivity contribution < 1.29 is 0 Å². The van der Waals surface area contributed by atoms with E-state index < -0.39 is 0 Å². The van der Waals surface area contributed by atoms with Crippen LogP contribution in [-0.4, -0.2) is 0 Å². The van der Waals surface area contributed by atoms with Crippen LogP contribution in [0.25, 0.3) is 0 Å². The summed E-state index contributed by atoms with van der Waals surface area (Å²) in [6.45, 7) is 7.60. The third-order valence-corrected chi connectivity index (χ3v) is 1.53. The highest BCUT2D eigenvalue weighted by Gasteiger charge is 1.99. The molecular formula is C11H16. The molecule has 0 amide bonds. The van der Waals surface area contributed by atoms with E-state index in [0.29, 0.717) is 5.92 Å². The molecule has 1 unspecified atom stereocenters. The van der Waals surface area contributed by atoms with E-state index in [-0.39, 0.29) is 0 Å². The molecule has 0 rings (SSSR count). The van der Waals surface area contributed by atoms with Gasteiger partial charge in [-0.2, -0.15) is 0 Å². The zero-order valence-electron chi connectivity index (χ0n) is 7.48. The molecule has 0 aromatic heterocycles. The normalized spacial score (nSPS) is 10.7. The van der Waals surface area contributed by atoms with Crippen LogP contribution in [0.1, 0.15) is 33.1 Å². The van der Waals surface area contributed by atoms with E-state index in [1.807, 2.05) is 13.0 Å². The molecule has 0 N–H and O–H groups in total. The number of rotatable bonds is 4. The first kappa shape index (κ1) is 10.1. The number of hydrogen-bond acceptors (Lipinski definition) is 0. The summed E-state index contributed by atoms with van der Waals surface area (Å²) in [6, 6.07) is 0. The molecule has 0 nitrogen and oxygen atoms in total. The van der Waals surface area contributed by atoms with Crippen LogP contribution in [0.2, 0.25) is 0 Å². The van der Waals surface area contributed by atoms with Gasteiger partial charge in [-0.25, -0.2) is 0 Å². The fraction of sp³-hybridized carbons (Fsp3) is 0.545. The highest BCUT2D eigenvalue weighted by atomic mass is 14.0. The summed E-state index contributed by atoms with van der Waals surface area (Å²) in [6.07, 6.45) is 5.34. The summed E-state index contributed by atoms with van der Waals surface area (Å²) in [5, 5.41) is 0. The van der Waals surface area contributed by atoms with Crippen molar-refractivity contribution in [1.29, 1.82) is 0 Å². The molecule has 0 bridgehead atoms. The molecule has 0 saturated heterocycles. The zero-order valence-corrected chi connectivity index (χ0v) is 7.48. The Morgan fingerprint density at radius 3 is 2.73 bits per heavy atom. The number of allylic oxidation sites excluding steroid dienone is 1. The van der Waals surface area contributed by atoms with Gasteiger partial charge in [-0.05, 0) is 25.8 Å². The van der Waals surface area contributed by atoms with Gasteiger partial charge in [0, 0.05) is 5.92 Å². The second-order valence-electron chi connectivity index (χ2n) is 2.52. The third kappa shape index (κ3) is 5.52. The summed E-state index contributed by atoms with van der Waals surface area (Å²) >= 11 is 0. The van der Waals surface area contributed by atoms with Crippen LogP contribution in [0.15, 0.2) is 18.4 Å². The van der Waals surface area contributed by atoms with Crippen molar-refractivity contribution >= 4 is 0 Å². The Kier molecular flexibility index (Phi) is 6.59. The fourth-order valence-corrected chi connectivity index (χ4v) is 1.03. The van der Waals surface area contributed by atoms with Gasteiger partial charge in [-0.15, -0.1) is 11.7 Å². The molecule has 0 fully saturated rings. The molecule has 0 spiro atoms. The summed E-state index contributed by atoms with van der Waals surface area (Å²) in [7, 11) is 0. The van der Waals surface area contributed by atoms with Crippen LogP contribution in [-0.2, 0) is 0 Å². The Balaban J connectivity index is 3.84. The topological polar surface area (TPSA) is 0 Å². The lowest BCUT2D eigenvalue weighted by Gasteiger charge is -2.03. The maximum Gasteiger partial charge on any atom is 0.0243 e. The number of hydrogen-bond donors (Lipinski definition) is 0. The van der Waals surface area contributed by atoms with Gasteiger partial charge in [0.2, 0.25) is 0 Å². The van der Waals surface area contributed by atoms with Gasteiger partial charge in [0.1, 0.15) is 0 Å². The Hall–Kier alpha value is -0.920. The molecule has 0 heterocycles. The molecule has 0 aliphatic heterocycles.